The van der Waals surface area contributed by atoms with E-state index in [4.69, 9.17) is 15.9 Å². The first-order valence-corrected chi connectivity index (χ1v) is 6.92. The number of rotatable bonds is 3. The van der Waals surface area contributed by atoms with E-state index in [0.717, 1.165) is 22.3 Å². The smallest absolute Gasteiger partial charge is 0.158 e. The Hall–Kier alpha value is -2.62. The van der Waals surface area contributed by atoms with Crippen molar-refractivity contribution >= 4 is 11.7 Å². The van der Waals surface area contributed by atoms with E-state index in [1.807, 2.05) is 38.1 Å². The molecule has 4 nitrogen and oxygen atoms in total. The molecule has 1 aliphatic heterocycles. The second kappa shape index (κ2) is 5.05. The summed E-state index contributed by atoms with van der Waals surface area (Å²) in [5.41, 5.74) is 10.7. The zero-order valence-electron chi connectivity index (χ0n) is 12.1. The highest BCUT2D eigenvalue weighted by Gasteiger charge is 2.27. The molecule has 0 amide bonds. The van der Waals surface area contributed by atoms with Crippen LogP contribution >= 0.6 is 0 Å². The van der Waals surface area contributed by atoms with Crippen LogP contribution in [0.2, 0.25) is 0 Å². The molecule has 21 heavy (non-hydrogen) atoms. The maximum atomic E-state index is 8.00. The van der Waals surface area contributed by atoms with Gasteiger partial charge in [-0.2, -0.15) is 0 Å². The van der Waals surface area contributed by atoms with Crippen molar-refractivity contribution < 1.29 is 4.74 Å². The Kier molecular flexibility index (Phi) is 3.22. The minimum Gasteiger partial charge on any atom is -0.493 e. The molecule has 0 radical (unpaired) electrons. The van der Waals surface area contributed by atoms with E-state index in [9.17, 15) is 0 Å². The number of ether oxygens (including phenoxy) is 1. The van der Waals surface area contributed by atoms with Crippen LogP contribution in [0.1, 0.15) is 23.6 Å². The fraction of sp³-hybridized carbons (Fsp3) is 0.176. The topological polar surface area (TPSA) is 71.5 Å². The Balaban J connectivity index is 2.29. The second-order valence-corrected chi connectivity index (χ2v) is 4.94. The largest absolute Gasteiger partial charge is 0.493 e. The molecule has 4 heteroatoms. The van der Waals surface area contributed by atoms with Crippen LogP contribution < -0.4 is 10.5 Å². The predicted molar refractivity (Wildman–Crippen MR) is 85.3 cm³/mol. The van der Waals surface area contributed by atoms with E-state index in [2.05, 4.69) is 17.1 Å². The highest BCUT2D eigenvalue weighted by Crippen LogP contribution is 2.37. The van der Waals surface area contributed by atoms with Crippen molar-refractivity contribution in [3.05, 3.63) is 53.1 Å². The van der Waals surface area contributed by atoms with Gasteiger partial charge in [-0.3, -0.25) is 5.41 Å². The van der Waals surface area contributed by atoms with E-state index >= 15 is 0 Å². The van der Waals surface area contributed by atoms with Crippen LogP contribution in [0.3, 0.4) is 0 Å². The van der Waals surface area contributed by atoms with Crippen molar-refractivity contribution in [1.29, 1.82) is 5.41 Å². The molecule has 1 heterocycles. The Bertz CT molecular complexity index is 748. The summed E-state index contributed by atoms with van der Waals surface area (Å²) in [6.45, 7) is 4.48. The maximum Gasteiger partial charge on any atom is 0.158 e. The number of fused-ring (bicyclic) bond motifs is 1. The molecule has 0 atom stereocenters. The molecule has 1 aliphatic rings. The van der Waals surface area contributed by atoms with E-state index < -0.39 is 0 Å². The normalized spacial score (nSPS) is 13.0. The summed E-state index contributed by atoms with van der Waals surface area (Å²) in [5, 5.41) is 8.00. The average Bonchev–Trinajstić information content (AvgIpc) is 2.79. The van der Waals surface area contributed by atoms with E-state index in [1.165, 1.54) is 0 Å². The Morgan fingerprint density at radius 3 is 2.57 bits per heavy atom. The number of aliphatic imine (C=N–C) groups is 1. The molecule has 0 unspecified atom stereocenters. The molecular weight excluding hydrogens is 262 g/mol. The summed E-state index contributed by atoms with van der Waals surface area (Å²) >= 11 is 0. The zero-order valence-corrected chi connectivity index (χ0v) is 12.1. The molecule has 2 aromatic carbocycles. The Morgan fingerprint density at radius 2 is 1.90 bits per heavy atom. The van der Waals surface area contributed by atoms with Crippen LogP contribution in [0.15, 0.2) is 41.4 Å². The minimum absolute atomic E-state index is 0.175. The van der Waals surface area contributed by atoms with Gasteiger partial charge < -0.3 is 10.5 Å². The fourth-order valence-electron chi connectivity index (χ4n) is 2.73. The molecule has 0 aliphatic carbocycles. The first-order valence-electron chi connectivity index (χ1n) is 6.92. The van der Waals surface area contributed by atoms with Crippen molar-refractivity contribution in [2.75, 3.05) is 6.61 Å². The molecule has 3 N–H and O–H groups in total. The lowest BCUT2D eigenvalue weighted by Crippen LogP contribution is -2.13. The summed E-state index contributed by atoms with van der Waals surface area (Å²) in [5.74, 6) is 1.24. The van der Waals surface area contributed by atoms with Gasteiger partial charge in [0.15, 0.2) is 5.84 Å². The molecule has 0 fully saturated rings. The summed E-state index contributed by atoms with van der Waals surface area (Å²) < 4.78 is 5.71. The number of benzene rings is 2. The third-order valence-corrected chi connectivity index (χ3v) is 3.66. The van der Waals surface area contributed by atoms with Gasteiger partial charge in [0.05, 0.1) is 12.2 Å². The van der Waals surface area contributed by atoms with Gasteiger partial charge in [-0.25, -0.2) is 4.99 Å². The second-order valence-electron chi connectivity index (χ2n) is 4.94. The van der Waals surface area contributed by atoms with Crippen molar-refractivity contribution in [3.63, 3.8) is 0 Å². The molecule has 0 aromatic heterocycles. The van der Waals surface area contributed by atoms with Gasteiger partial charge in [-0.05, 0) is 36.6 Å². The van der Waals surface area contributed by atoms with Gasteiger partial charge in [0.2, 0.25) is 0 Å². The lowest BCUT2D eigenvalue weighted by Gasteiger charge is -2.16. The third-order valence-electron chi connectivity index (χ3n) is 3.66. The van der Waals surface area contributed by atoms with Gasteiger partial charge in [-0.15, -0.1) is 0 Å². The lowest BCUT2D eigenvalue weighted by atomic mass is 9.92. The summed E-state index contributed by atoms with van der Waals surface area (Å²) in [6.07, 6.45) is 0. The molecular formula is C17H17N3O. The van der Waals surface area contributed by atoms with E-state index in [1.54, 1.807) is 0 Å². The molecule has 0 bridgehead atoms. The standard InChI is InChI=1S/C17H17N3O/c1-3-21-13-9-12(11-7-5-4-6-8-11)10(2)14-15(13)17(19)20-16(14)18/h4-9H,3H2,1-2H3,(H3,18,19,20). The molecule has 0 spiro atoms. The Morgan fingerprint density at radius 1 is 1.19 bits per heavy atom. The van der Waals surface area contributed by atoms with Crippen LogP contribution in [-0.2, 0) is 0 Å². The van der Waals surface area contributed by atoms with Crippen molar-refractivity contribution in [3.8, 4) is 16.9 Å². The van der Waals surface area contributed by atoms with Crippen molar-refractivity contribution in [1.82, 2.24) is 0 Å². The van der Waals surface area contributed by atoms with Crippen LogP contribution in [0.5, 0.6) is 5.75 Å². The van der Waals surface area contributed by atoms with E-state index in [0.29, 0.717) is 23.8 Å². The Labute approximate surface area is 123 Å². The number of hydrogen-bond donors (Lipinski definition) is 2. The summed E-state index contributed by atoms with van der Waals surface area (Å²) in [7, 11) is 0. The number of amidine groups is 2. The quantitative estimate of drug-likeness (QED) is 0.906. The molecule has 0 saturated carbocycles. The maximum absolute atomic E-state index is 8.00. The predicted octanol–water partition coefficient (Wildman–Crippen LogP) is 3.10. The van der Waals surface area contributed by atoms with Crippen molar-refractivity contribution in [2.45, 2.75) is 13.8 Å². The van der Waals surface area contributed by atoms with Crippen molar-refractivity contribution in [2.24, 2.45) is 10.7 Å². The third kappa shape index (κ3) is 2.09. The first-order chi connectivity index (χ1) is 10.1. The van der Waals surface area contributed by atoms with Crippen LogP contribution in [0.25, 0.3) is 11.1 Å². The van der Waals surface area contributed by atoms with Gasteiger partial charge >= 0.3 is 0 Å². The molecule has 0 saturated heterocycles. The molecule has 3 rings (SSSR count). The van der Waals surface area contributed by atoms with Crippen LogP contribution in [0, 0.1) is 12.3 Å². The summed E-state index contributed by atoms with van der Waals surface area (Å²) in [6, 6.07) is 12.1. The number of nitrogens with one attached hydrogen (secondary N) is 1. The fourth-order valence-corrected chi connectivity index (χ4v) is 2.73. The zero-order chi connectivity index (χ0) is 15.0. The highest BCUT2D eigenvalue weighted by atomic mass is 16.5. The van der Waals surface area contributed by atoms with Crippen LogP contribution in [0.4, 0.5) is 0 Å². The number of nitrogens with zero attached hydrogens (tertiary/aromatic N) is 1. The number of hydrogen-bond acceptors (Lipinski definition) is 3. The van der Waals surface area contributed by atoms with Gasteiger partial charge in [0.25, 0.3) is 0 Å². The average molecular weight is 279 g/mol. The number of nitrogens with two attached hydrogens (primary N) is 1. The van der Waals surface area contributed by atoms with E-state index in [-0.39, 0.29) is 5.84 Å². The first kappa shape index (κ1) is 13.4. The van der Waals surface area contributed by atoms with Gasteiger partial charge in [-0.1, -0.05) is 30.3 Å². The molecule has 106 valence electrons. The summed E-state index contributed by atoms with van der Waals surface area (Å²) in [4.78, 5) is 4.09. The minimum atomic E-state index is 0.175. The van der Waals surface area contributed by atoms with Gasteiger partial charge in [0, 0.05) is 5.56 Å². The van der Waals surface area contributed by atoms with Gasteiger partial charge in [0.1, 0.15) is 11.6 Å². The molecule has 2 aromatic rings. The van der Waals surface area contributed by atoms with Crippen LogP contribution in [-0.4, -0.2) is 18.3 Å². The SMILES string of the molecule is CCOc1cc(-c2ccccc2)c(C)c2c1C(=N)N=C2N. The highest BCUT2D eigenvalue weighted by molar-refractivity contribution is 6.23. The monoisotopic (exact) mass is 279 g/mol. The lowest BCUT2D eigenvalue weighted by molar-refractivity contribution is 0.339.